The first-order chi connectivity index (χ1) is 5.56. The van der Waals surface area contributed by atoms with Gasteiger partial charge in [-0.3, -0.25) is 9.59 Å². The van der Waals surface area contributed by atoms with Crippen molar-refractivity contribution in [3.63, 3.8) is 0 Å². The summed E-state index contributed by atoms with van der Waals surface area (Å²) >= 11 is 0. The van der Waals surface area contributed by atoms with Crippen LogP contribution in [0.5, 0.6) is 0 Å². The topological polar surface area (TPSA) is 90.2 Å². The van der Waals surface area contributed by atoms with Crippen LogP contribution in [0.1, 0.15) is 13.3 Å². The summed E-state index contributed by atoms with van der Waals surface area (Å²) in [5, 5.41) is 18.8. The van der Waals surface area contributed by atoms with Crippen molar-refractivity contribution >= 4 is 11.9 Å². The Kier molecular flexibility index (Phi) is 4.46. The van der Waals surface area contributed by atoms with Gasteiger partial charge in [0.2, 0.25) is 5.91 Å². The fraction of sp³-hybridized carbons (Fsp3) is 0.571. The second kappa shape index (κ2) is 5.13. The largest absolute Gasteiger partial charge is 0.481 e. The van der Waals surface area contributed by atoms with Crippen molar-refractivity contribution in [2.75, 3.05) is 6.54 Å². The van der Waals surface area contributed by atoms with Crippen LogP contribution in [-0.4, -0.2) is 23.5 Å². The van der Waals surface area contributed by atoms with Gasteiger partial charge in [-0.25, -0.2) is 0 Å². The van der Waals surface area contributed by atoms with Gasteiger partial charge in [-0.05, 0) is 6.92 Å². The number of aliphatic carboxylic acids is 1. The number of hydrogen-bond acceptors (Lipinski definition) is 3. The lowest BCUT2D eigenvalue weighted by Crippen LogP contribution is -2.29. The van der Waals surface area contributed by atoms with Crippen LogP contribution in [0.15, 0.2) is 0 Å². The van der Waals surface area contributed by atoms with E-state index in [9.17, 15) is 9.59 Å². The lowest BCUT2D eigenvalue weighted by Gasteiger charge is -2.03. The predicted molar refractivity (Wildman–Crippen MR) is 40.0 cm³/mol. The van der Waals surface area contributed by atoms with Gasteiger partial charge in [0.15, 0.2) is 0 Å². The number of amides is 1. The zero-order valence-corrected chi connectivity index (χ0v) is 6.70. The number of carboxylic acid groups (broad SMARTS) is 1. The Bertz CT molecular complexity index is 219. The molecule has 1 amide bonds. The van der Waals surface area contributed by atoms with Crippen molar-refractivity contribution in [3.8, 4) is 6.07 Å². The maximum Gasteiger partial charge on any atom is 0.312 e. The molecule has 0 saturated carbocycles. The quantitative estimate of drug-likeness (QED) is 0.568. The van der Waals surface area contributed by atoms with E-state index in [2.05, 4.69) is 5.32 Å². The van der Waals surface area contributed by atoms with Gasteiger partial charge in [0.05, 0.1) is 12.0 Å². The van der Waals surface area contributed by atoms with Gasteiger partial charge in [-0.15, -0.1) is 0 Å². The van der Waals surface area contributed by atoms with Gasteiger partial charge >= 0.3 is 5.97 Å². The number of carbonyl (C=O) groups is 2. The van der Waals surface area contributed by atoms with Crippen molar-refractivity contribution < 1.29 is 14.7 Å². The first-order valence-corrected chi connectivity index (χ1v) is 3.44. The van der Waals surface area contributed by atoms with Crippen molar-refractivity contribution in [2.24, 2.45) is 5.92 Å². The molecule has 0 rings (SSSR count). The number of nitriles is 1. The maximum atomic E-state index is 10.7. The highest BCUT2D eigenvalue weighted by Crippen LogP contribution is 1.88. The Balaban J connectivity index is 3.59. The molecule has 5 nitrogen and oxygen atoms in total. The molecule has 0 heterocycles. The highest BCUT2D eigenvalue weighted by atomic mass is 16.4. The van der Waals surface area contributed by atoms with Crippen LogP contribution >= 0.6 is 0 Å². The molecule has 0 aliphatic carbocycles. The molecule has 0 aliphatic rings. The second-order valence-electron chi connectivity index (χ2n) is 2.40. The first kappa shape index (κ1) is 10.4. The zero-order chi connectivity index (χ0) is 9.56. The van der Waals surface area contributed by atoms with Crippen LogP contribution < -0.4 is 5.32 Å². The average molecular weight is 170 g/mol. The fourth-order valence-corrected chi connectivity index (χ4v) is 0.512. The number of nitrogens with one attached hydrogen (secondary N) is 1. The Morgan fingerprint density at radius 3 is 2.67 bits per heavy atom. The van der Waals surface area contributed by atoms with Gasteiger partial charge in [0, 0.05) is 6.54 Å². The monoisotopic (exact) mass is 170 g/mol. The minimum Gasteiger partial charge on any atom is -0.481 e. The second-order valence-corrected chi connectivity index (χ2v) is 2.40. The minimum absolute atomic E-state index is 0.197. The first-order valence-electron chi connectivity index (χ1n) is 3.44. The van der Waals surface area contributed by atoms with Crippen LogP contribution in [0, 0.1) is 17.2 Å². The molecule has 0 fully saturated rings. The van der Waals surface area contributed by atoms with Crippen molar-refractivity contribution in [1.82, 2.24) is 5.32 Å². The third-order valence-electron chi connectivity index (χ3n) is 1.14. The Morgan fingerprint density at radius 1 is 1.67 bits per heavy atom. The summed E-state index contributed by atoms with van der Waals surface area (Å²) in [6.07, 6.45) is -0.544. The van der Waals surface area contributed by atoms with E-state index in [1.54, 1.807) is 6.92 Å². The van der Waals surface area contributed by atoms with Gasteiger partial charge < -0.3 is 10.4 Å². The molecule has 1 atom stereocenters. The summed E-state index contributed by atoms with van der Waals surface area (Å²) in [5.74, 6) is -2.02. The highest BCUT2D eigenvalue weighted by Gasteiger charge is 2.07. The molecule has 66 valence electrons. The normalized spacial score (nSPS) is 11.3. The van der Waals surface area contributed by atoms with Crippen LogP contribution in [0.4, 0.5) is 0 Å². The van der Waals surface area contributed by atoms with E-state index >= 15 is 0 Å². The lowest BCUT2D eigenvalue weighted by molar-refractivity contribution is -0.140. The smallest absolute Gasteiger partial charge is 0.312 e. The van der Waals surface area contributed by atoms with E-state index in [4.69, 9.17) is 10.4 Å². The molecule has 1 unspecified atom stereocenters. The van der Waals surface area contributed by atoms with Gasteiger partial charge in [0.25, 0.3) is 0 Å². The predicted octanol–water partition coefficient (Wildman–Crippen LogP) is -0.263. The number of carbonyl (C=O) groups excluding carboxylic acids is 1. The van der Waals surface area contributed by atoms with Crippen LogP contribution in [0.25, 0.3) is 0 Å². The molecule has 12 heavy (non-hydrogen) atoms. The number of nitrogens with zero attached hydrogens (tertiary/aromatic N) is 1. The third kappa shape index (κ3) is 5.23. The number of carboxylic acids is 1. The van der Waals surface area contributed by atoms with E-state index in [0.717, 1.165) is 0 Å². The number of rotatable bonds is 4. The van der Waals surface area contributed by atoms with E-state index < -0.39 is 18.3 Å². The molecule has 0 aliphatic heterocycles. The molecular formula is C7H10N2O3. The van der Waals surface area contributed by atoms with Crippen molar-refractivity contribution in [2.45, 2.75) is 13.3 Å². The van der Waals surface area contributed by atoms with Crippen LogP contribution in [0.3, 0.4) is 0 Å². The summed E-state index contributed by atoms with van der Waals surface area (Å²) in [4.78, 5) is 20.7. The molecule has 0 aromatic carbocycles. The minimum atomic E-state index is -1.17. The van der Waals surface area contributed by atoms with Crippen molar-refractivity contribution in [1.29, 1.82) is 5.26 Å². The van der Waals surface area contributed by atoms with Crippen molar-refractivity contribution in [3.05, 3.63) is 0 Å². The molecule has 2 N–H and O–H groups in total. The van der Waals surface area contributed by atoms with E-state index in [-0.39, 0.29) is 12.5 Å². The Morgan fingerprint density at radius 2 is 2.25 bits per heavy atom. The molecule has 0 spiro atoms. The van der Waals surface area contributed by atoms with E-state index in [0.29, 0.717) is 0 Å². The SMILES string of the molecule is CC(C#N)CNC(=O)CC(=O)O. The molecule has 0 radical (unpaired) electrons. The standard InChI is InChI=1S/C7H10N2O3/c1-5(3-8)4-9-6(10)2-7(11)12/h5H,2,4H2,1H3,(H,9,10)(H,11,12). The maximum absolute atomic E-state index is 10.7. The van der Waals surface area contributed by atoms with Gasteiger partial charge in [-0.2, -0.15) is 5.26 Å². The third-order valence-corrected chi connectivity index (χ3v) is 1.14. The van der Waals surface area contributed by atoms with Gasteiger partial charge in [-0.1, -0.05) is 0 Å². The molecular weight excluding hydrogens is 160 g/mol. The summed E-state index contributed by atoms with van der Waals surface area (Å²) in [6.45, 7) is 1.84. The highest BCUT2D eigenvalue weighted by molar-refractivity contribution is 5.93. The Labute approximate surface area is 70.0 Å². The van der Waals surface area contributed by atoms with E-state index in [1.165, 1.54) is 0 Å². The molecule has 0 aromatic heterocycles. The summed E-state index contributed by atoms with van der Waals surface area (Å²) in [7, 11) is 0. The molecule has 5 heteroatoms. The Hall–Kier alpha value is -1.57. The lowest BCUT2D eigenvalue weighted by atomic mass is 10.2. The summed E-state index contributed by atoms with van der Waals surface area (Å²) in [6, 6.07) is 1.91. The molecule has 0 saturated heterocycles. The van der Waals surface area contributed by atoms with Gasteiger partial charge in [0.1, 0.15) is 6.42 Å². The number of hydrogen-bond donors (Lipinski definition) is 2. The average Bonchev–Trinajstić information content (AvgIpc) is 1.99. The zero-order valence-electron chi connectivity index (χ0n) is 6.70. The van der Waals surface area contributed by atoms with Crippen LogP contribution in [0.2, 0.25) is 0 Å². The molecule has 0 aromatic rings. The van der Waals surface area contributed by atoms with E-state index in [1.807, 2.05) is 6.07 Å². The summed E-state index contributed by atoms with van der Waals surface area (Å²) < 4.78 is 0. The summed E-state index contributed by atoms with van der Waals surface area (Å²) in [5.41, 5.74) is 0. The fourth-order valence-electron chi connectivity index (χ4n) is 0.512. The molecule has 0 bridgehead atoms. The van der Waals surface area contributed by atoms with Crippen LogP contribution in [-0.2, 0) is 9.59 Å².